The van der Waals surface area contributed by atoms with Crippen molar-refractivity contribution in [1.82, 2.24) is 14.5 Å². The van der Waals surface area contributed by atoms with Crippen LogP contribution in [0, 0.1) is 0 Å². The first-order valence-corrected chi connectivity index (χ1v) is 12.1. The summed E-state index contributed by atoms with van der Waals surface area (Å²) in [5, 5.41) is 3.53. The lowest BCUT2D eigenvalue weighted by Gasteiger charge is -2.36. The largest absolute Gasteiger partial charge is 0.378 e. The maximum atomic E-state index is 12.5. The number of benzene rings is 1. The summed E-state index contributed by atoms with van der Waals surface area (Å²) in [4.78, 5) is 6.59. The third-order valence-corrected chi connectivity index (χ3v) is 7.59. The van der Waals surface area contributed by atoms with Crippen LogP contribution in [0.2, 0.25) is 0 Å². The number of rotatable bonds is 8. The quantitative estimate of drug-likeness (QED) is 0.306. The second-order valence-corrected chi connectivity index (χ2v) is 10.3. The zero-order valence-corrected chi connectivity index (χ0v) is 21.4. The van der Waals surface area contributed by atoms with Crippen molar-refractivity contribution in [3.8, 4) is 0 Å². The molecule has 1 saturated carbocycles. The lowest BCUT2D eigenvalue weighted by molar-refractivity contribution is 0.0904. The van der Waals surface area contributed by atoms with Crippen molar-refractivity contribution in [2.45, 2.75) is 38.2 Å². The smallest absolute Gasteiger partial charge is 0.216 e. The molecular weight excluding hydrogens is 515 g/mol. The van der Waals surface area contributed by atoms with Crippen molar-refractivity contribution in [3.05, 3.63) is 35.9 Å². The number of hydrogen-bond acceptors (Lipinski definition) is 4. The normalized spacial score (nSPS) is 19.5. The Morgan fingerprint density at radius 1 is 1.17 bits per heavy atom. The van der Waals surface area contributed by atoms with Crippen LogP contribution in [0.5, 0.6) is 0 Å². The molecule has 1 aliphatic heterocycles. The lowest BCUT2D eigenvalue weighted by atomic mass is 9.96. The van der Waals surface area contributed by atoms with Gasteiger partial charge in [0.25, 0.3) is 0 Å². The van der Waals surface area contributed by atoms with Crippen molar-refractivity contribution < 1.29 is 13.2 Å². The average Bonchev–Trinajstić information content (AvgIpc) is 3.50. The zero-order valence-electron chi connectivity index (χ0n) is 18.2. The molecule has 0 spiro atoms. The summed E-state index contributed by atoms with van der Waals surface area (Å²) in [7, 11) is -1.49. The molecule has 1 aromatic carbocycles. The fourth-order valence-corrected chi connectivity index (χ4v) is 5.07. The fourth-order valence-electron chi connectivity index (χ4n) is 3.79. The van der Waals surface area contributed by atoms with Crippen LogP contribution in [-0.2, 0) is 20.2 Å². The highest BCUT2D eigenvalue weighted by Crippen LogP contribution is 2.47. The molecule has 0 radical (unpaired) electrons. The Morgan fingerprint density at radius 2 is 1.80 bits per heavy atom. The average molecular weight is 551 g/mol. The Hall–Kier alpha value is -0.910. The third-order valence-electron chi connectivity index (χ3n) is 5.76. The van der Waals surface area contributed by atoms with E-state index in [9.17, 15) is 8.42 Å². The molecule has 0 bridgehead atoms. The summed E-state index contributed by atoms with van der Waals surface area (Å²) in [6, 6.07) is 10.6. The topological polar surface area (TPSA) is 74.2 Å². The molecule has 30 heavy (non-hydrogen) atoms. The first kappa shape index (κ1) is 25.4. The number of piperazine rings is 1. The molecule has 0 amide bonds. The summed E-state index contributed by atoms with van der Waals surface area (Å²) in [5.41, 5.74) is 1.58. The van der Waals surface area contributed by atoms with Gasteiger partial charge < -0.3 is 15.0 Å². The van der Waals surface area contributed by atoms with Crippen molar-refractivity contribution in [1.29, 1.82) is 0 Å². The highest BCUT2D eigenvalue weighted by atomic mass is 127. The van der Waals surface area contributed by atoms with Gasteiger partial charge in [0.05, 0.1) is 18.5 Å². The predicted octanol–water partition coefficient (Wildman–Crippen LogP) is 2.28. The van der Waals surface area contributed by atoms with E-state index in [0.29, 0.717) is 26.2 Å². The summed E-state index contributed by atoms with van der Waals surface area (Å²) >= 11 is 0. The lowest BCUT2D eigenvalue weighted by Crippen LogP contribution is -2.54. The van der Waals surface area contributed by atoms with E-state index < -0.39 is 10.0 Å². The van der Waals surface area contributed by atoms with Gasteiger partial charge in [-0.1, -0.05) is 30.3 Å². The Kier molecular flexibility index (Phi) is 9.38. The van der Waals surface area contributed by atoms with Crippen LogP contribution < -0.4 is 5.32 Å². The molecule has 0 aromatic heterocycles. The molecule has 9 heteroatoms. The van der Waals surface area contributed by atoms with E-state index in [1.54, 1.807) is 11.4 Å². The van der Waals surface area contributed by atoms with E-state index in [4.69, 9.17) is 4.74 Å². The van der Waals surface area contributed by atoms with E-state index >= 15 is 0 Å². The molecule has 1 saturated heterocycles. The van der Waals surface area contributed by atoms with Gasteiger partial charge in [0.1, 0.15) is 0 Å². The Bertz CT molecular complexity index is 790. The van der Waals surface area contributed by atoms with E-state index in [0.717, 1.165) is 12.5 Å². The number of nitrogens with one attached hydrogen (secondary N) is 1. The molecule has 0 unspecified atom stereocenters. The minimum absolute atomic E-state index is 0. The minimum Gasteiger partial charge on any atom is -0.378 e. The molecule has 0 atom stereocenters. The van der Waals surface area contributed by atoms with Gasteiger partial charge in [0.15, 0.2) is 5.96 Å². The first-order chi connectivity index (χ1) is 13.9. The Morgan fingerprint density at radius 3 is 2.33 bits per heavy atom. The number of guanidine groups is 1. The highest BCUT2D eigenvalue weighted by molar-refractivity contribution is 14.0. The number of hydrogen-bond donors (Lipinski definition) is 1. The van der Waals surface area contributed by atoms with Gasteiger partial charge in [-0.15, -0.1) is 24.0 Å². The van der Waals surface area contributed by atoms with Crippen LogP contribution in [0.25, 0.3) is 0 Å². The van der Waals surface area contributed by atoms with Gasteiger partial charge in [0, 0.05) is 45.2 Å². The molecule has 1 aliphatic carbocycles. The summed E-state index contributed by atoms with van der Waals surface area (Å²) in [6.07, 6.45) is 2.42. The maximum Gasteiger partial charge on any atom is 0.216 e. The second kappa shape index (κ2) is 11.1. The zero-order chi connectivity index (χ0) is 20.9. The molecule has 1 aromatic rings. The van der Waals surface area contributed by atoms with Gasteiger partial charge in [-0.05, 0) is 32.3 Å². The molecular formula is C21H35IN4O3S. The van der Waals surface area contributed by atoms with Gasteiger partial charge in [-0.3, -0.25) is 4.99 Å². The van der Waals surface area contributed by atoms with E-state index in [-0.39, 0.29) is 47.9 Å². The minimum atomic E-state index is -3.28. The number of nitrogens with zero attached hydrogens (tertiary/aromatic N) is 3. The number of ether oxygens (including phenoxy) is 1. The van der Waals surface area contributed by atoms with Crippen molar-refractivity contribution in [2.75, 3.05) is 52.1 Å². The summed E-state index contributed by atoms with van der Waals surface area (Å²) in [6.45, 7) is 7.16. The number of sulfonamides is 1. The van der Waals surface area contributed by atoms with E-state index in [1.165, 1.54) is 18.4 Å². The first-order valence-electron chi connectivity index (χ1n) is 10.5. The standard InChI is InChI=1S/C21H34N4O3S.HI/c1-18(2)28-15-16-29(26,27)25-13-11-24(12-14-25)20(22-3)23-17-21(9-10-21)19-7-5-4-6-8-19;/h4-8,18H,9-17H2,1-3H3,(H,22,23);1H. The Balaban J connectivity index is 0.00000320. The second-order valence-electron chi connectivity index (χ2n) is 8.17. The Labute approximate surface area is 198 Å². The van der Waals surface area contributed by atoms with Gasteiger partial charge in [-0.2, -0.15) is 4.31 Å². The number of aliphatic imine (C=N–C) groups is 1. The summed E-state index contributed by atoms with van der Waals surface area (Å²) < 4.78 is 32.0. The number of halogens is 1. The van der Waals surface area contributed by atoms with Gasteiger partial charge >= 0.3 is 0 Å². The summed E-state index contributed by atoms with van der Waals surface area (Å²) in [5.74, 6) is 0.894. The highest BCUT2D eigenvalue weighted by Gasteiger charge is 2.44. The van der Waals surface area contributed by atoms with Crippen LogP contribution in [0.1, 0.15) is 32.3 Å². The van der Waals surface area contributed by atoms with Crippen molar-refractivity contribution in [3.63, 3.8) is 0 Å². The van der Waals surface area contributed by atoms with Crippen LogP contribution >= 0.6 is 24.0 Å². The predicted molar refractivity (Wildman–Crippen MR) is 132 cm³/mol. The maximum absolute atomic E-state index is 12.5. The van der Waals surface area contributed by atoms with Crippen molar-refractivity contribution >= 4 is 40.0 Å². The van der Waals surface area contributed by atoms with Crippen LogP contribution in [-0.4, -0.2) is 81.8 Å². The molecule has 2 aliphatic rings. The van der Waals surface area contributed by atoms with Crippen LogP contribution in [0.15, 0.2) is 35.3 Å². The molecule has 2 fully saturated rings. The van der Waals surface area contributed by atoms with Crippen molar-refractivity contribution in [2.24, 2.45) is 4.99 Å². The SMILES string of the molecule is CN=C(NCC1(c2ccccc2)CC1)N1CCN(S(=O)(=O)CCOC(C)C)CC1.I. The van der Waals surface area contributed by atoms with Crippen LogP contribution in [0.3, 0.4) is 0 Å². The van der Waals surface area contributed by atoms with E-state index in [2.05, 4.69) is 45.5 Å². The third kappa shape index (κ3) is 6.54. The van der Waals surface area contributed by atoms with E-state index in [1.807, 2.05) is 13.8 Å². The molecule has 7 nitrogen and oxygen atoms in total. The van der Waals surface area contributed by atoms with Crippen LogP contribution in [0.4, 0.5) is 0 Å². The molecule has 1 N–H and O–H groups in total. The van der Waals surface area contributed by atoms with Gasteiger partial charge in [0.2, 0.25) is 10.0 Å². The molecule has 1 heterocycles. The molecule has 3 rings (SSSR count). The monoisotopic (exact) mass is 550 g/mol. The van der Waals surface area contributed by atoms with Gasteiger partial charge in [-0.25, -0.2) is 8.42 Å². The molecule has 170 valence electrons. The fraction of sp³-hybridized carbons (Fsp3) is 0.667.